The highest BCUT2D eigenvalue weighted by atomic mass is 32.2. The lowest BCUT2D eigenvalue weighted by molar-refractivity contribution is 0.391. The lowest BCUT2D eigenvalue weighted by atomic mass is 10.1. The van der Waals surface area contributed by atoms with Crippen LogP contribution in [0.3, 0.4) is 0 Å². The molecule has 2 heterocycles. The molecule has 0 aliphatic heterocycles. The van der Waals surface area contributed by atoms with Gasteiger partial charge in [0.15, 0.2) is 11.0 Å². The molecule has 0 aliphatic carbocycles. The fourth-order valence-corrected chi connectivity index (χ4v) is 3.76. The van der Waals surface area contributed by atoms with Gasteiger partial charge in [0.1, 0.15) is 0 Å². The topological polar surface area (TPSA) is 69.6 Å². The molecule has 0 bridgehead atoms. The van der Waals surface area contributed by atoms with Gasteiger partial charge in [0.05, 0.1) is 5.75 Å². The lowest BCUT2D eigenvalue weighted by Crippen LogP contribution is -2.02. The zero-order valence-corrected chi connectivity index (χ0v) is 16.7. The van der Waals surface area contributed by atoms with Crippen LogP contribution in [0.5, 0.6) is 0 Å². The number of aryl methyl sites for hydroxylation is 1. The highest BCUT2D eigenvalue weighted by Gasteiger charge is 2.16. The second-order valence-corrected chi connectivity index (χ2v) is 7.44. The van der Waals surface area contributed by atoms with Crippen molar-refractivity contribution in [3.8, 4) is 22.8 Å². The zero-order valence-electron chi connectivity index (χ0n) is 15.9. The first-order chi connectivity index (χ1) is 13.7. The van der Waals surface area contributed by atoms with E-state index in [1.165, 1.54) is 5.56 Å². The van der Waals surface area contributed by atoms with E-state index in [9.17, 15) is 0 Å². The van der Waals surface area contributed by atoms with Gasteiger partial charge in [-0.3, -0.25) is 0 Å². The maximum absolute atomic E-state index is 5.41. The van der Waals surface area contributed by atoms with E-state index >= 15 is 0 Å². The summed E-state index contributed by atoms with van der Waals surface area (Å²) < 4.78 is 7.57. The molecule has 7 heteroatoms. The van der Waals surface area contributed by atoms with E-state index in [1.807, 2.05) is 36.4 Å². The van der Waals surface area contributed by atoms with E-state index in [0.29, 0.717) is 17.5 Å². The molecule has 0 atom stereocenters. The van der Waals surface area contributed by atoms with Gasteiger partial charge < -0.3 is 9.09 Å². The molecule has 0 saturated heterocycles. The smallest absolute Gasteiger partial charge is 0.237 e. The third-order valence-corrected chi connectivity index (χ3v) is 5.22. The third-order valence-electron chi connectivity index (χ3n) is 4.27. The second kappa shape index (κ2) is 8.39. The van der Waals surface area contributed by atoms with Crippen LogP contribution in [0.4, 0.5) is 0 Å². The molecule has 4 rings (SSSR count). The van der Waals surface area contributed by atoms with Crippen LogP contribution < -0.4 is 0 Å². The molecule has 28 heavy (non-hydrogen) atoms. The van der Waals surface area contributed by atoms with Crippen molar-refractivity contribution in [3.05, 3.63) is 66.1 Å². The summed E-state index contributed by atoms with van der Waals surface area (Å²) in [7, 11) is 0. The van der Waals surface area contributed by atoms with Crippen molar-refractivity contribution >= 4 is 11.8 Å². The van der Waals surface area contributed by atoms with Crippen molar-refractivity contribution < 1.29 is 4.52 Å². The van der Waals surface area contributed by atoms with Crippen molar-refractivity contribution in [2.75, 3.05) is 0 Å². The van der Waals surface area contributed by atoms with Gasteiger partial charge >= 0.3 is 0 Å². The maximum Gasteiger partial charge on any atom is 0.237 e. The zero-order chi connectivity index (χ0) is 19.3. The summed E-state index contributed by atoms with van der Waals surface area (Å²) in [6, 6.07) is 18.1. The number of benzene rings is 2. The van der Waals surface area contributed by atoms with E-state index in [0.717, 1.165) is 35.1 Å². The summed E-state index contributed by atoms with van der Waals surface area (Å²) >= 11 is 1.56. The average Bonchev–Trinajstić information content (AvgIpc) is 3.35. The summed E-state index contributed by atoms with van der Waals surface area (Å²) in [4.78, 5) is 4.49. The molecule has 0 saturated carbocycles. The first-order valence-electron chi connectivity index (χ1n) is 9.25. The fourth-order valence-electron chi connectivity index (χ4n) is 2.96. The minimum atomic E-state index is 0.551. The molecule has 0 aliphatic rings. The van der Waals surface area contributed by atoms with Gasteiger partial charge in [0.2, 0.25) is 11.7 Å². The predicted octanol–water partition coefficient (Wildman–Crippen LogP) is 5.01. The van der Waals surface area contributed by atoms with Gasteiger partial charge in [-0.05, 0) is 19.4 Å². The first kappa shape index (κ1) is 18.4. The van der Waals surface area contributed by atoms with Gasteiger partial charge in [-0.1, -0.05) is 77.9 Å². The van der Waals surface area contributed by atoms with Gasteiger partial charge in [-0.15, -0.1) is 10.2 Å². The number of aromatic nitrogens is 5. The minimum Gasteiger partial charge on any atom is -0.338 e. The molecule has 142 valence electrons. The van der Waals surface area contributed by atoms with Gasteiger partial charge in [0.25, 0.3) is 0 Å². The lowest BCUT2D eigenvalue weighted by Gasteiger charge is -2.08. The number of nitrogens with zero attached hydrogens (tertiary/aromatic N) is 5. The largest absolute Gasteiger partial charge is 0.338 e. The van der Waals surface area contributed by atoms with Crippen LogP contribution in [0, 0.1) is 6.92 Å². The quantitative estimate of drug-likeness (QED) is 0.413. The SMILES string of the molecule is CCCn1c(SCc2nc(-c3ccccc3)no2)nnc1-c1cccc(C)c1. The Balaban J connectivity index is 1.53. The van der Waals surface area contributed by atoms with Crippen LogP contribution in [0.15, 0.2) is 64.3 Å². The molecule has 0 unspecified atom stereocenters. The Kier molecular flexibility index (Phi) is 5.53. The first-order valence-corrected chi connectivity index (χ1v) is 10.2. The van der Waals surface area contributed by atoms with Crippen molar-refractivity contribution in [1.29, 1.82) is 0 Å². The van der Waals surface area contributed by atoms with Gasteiger partial charge in [0, 0.05) is 17.7 Å². The third kappa shape index (κ3) is 3.99. The van der Waals surface area contributed by atoms with Crippen molar-refractivity contribution in [2.24, 2.45) is 0 Å². The summed E-state index contributed by atoms with van der Waals surface area (Å²) in [5.74, 6) is 2.62. The molecule has 6 nitrogen and oxygen atoms in total. The van der Waals surface area contributed by atoms with Gasteiger partial charge in [-0.25, -0.2) is 0 Å². The summed E-state index contributed by atoms with van der Waals surface area (Å²) in [6.45, 7) is 5.09. The Morgan fingerprint density at radius 2 is 1.82 bits per heavy atom. The van der Waals surface area contributed by atoms with Crippen LogP contribution in [0.1, 0.15) is 24.8 Å². The standard InChI is InChI=1S/C21H21N5OS/c1-3-12-26-20(17-11-7-8-15(2)13-17)23-24-21(26)28-14-18-22-19(25-27-18)16-9-5-4-6-10-16/h4-11,13H,3,12,14H2,1-2H3. The van der Waals surface area contributed by atoms with Crippen molar-refractivity contribution in [3.63, 3.8) is 0 Å². The van der Waals surface area contributed by atoms with Crippen LogP contribution in [0.25, 0.3) is 22.8 Å². The highest BCUT2D eigenvalue weighted by Crippen LogP contribution is 2.27. The molecule has 0 spiro atoms. The Morgan fingerprint density at radius 3 is 2.61 bits per heavy atom. The molecule has 2 aromatic carbocycles. The molecule has 0 radical (unpaired) electrons. The molecule has 0 fully saturated rings. The minimum absolute atomic E-state index is 0.551. The summed E-state index contributed by atoms with van der Waals surface area (Å²) in [6.07, 6.45) is 1.00. The number of hydrogen-bond donors (Lipinski definition) is 0. The van der Waals surface area contributed by atoms with E-state index in [2.05, 4.69) is 57.0 Å². The van der Waals surface area contributed by atoms with Crippen LogP contribution in [-0.4, -0.2) is 24.9 Å². The molecular weight excluding hydrogens is 370 g/mol. The van der Waals surface area contributed by atoms with Crippen LogP contribution in [-0.2, 0) is 12.3 Å². The fraction of sp³-hybridized carbons (Fsp3) is 0.238. The van der Waals surface area contributed by atoms with Crippen LogP contribution in [0.2, 0.25) is 0 Å². The predicted molar refractivity (Wildman–Crippen MR) is 110 cm³/mol. The molecule has 4 aromatic rings. The monoisotopic (exact) mass is 391 g/mol. The average molecular weight is 392 g/mol. The number of hydrogen-bond acceptors (Lipinski definition) is 6. The van der Waals surface area contributed by atoms with E-state index in [-0.39, 0.29) is 0 Å². The highest BCUT2D eigenvalue weighted by molar-refractivity contribution is 7.98. The molecular formula is C21H21N5OS. The number of thioether (sulfide) groups is 1. The van der Waals surface area contributed by atoms with Crippen LogP contribution >= 0.6 is 11.8 Å². The van der Waals surface area contributed by atoms with E-state index in [1.54, 1.807) is 11.8 Å². The Labute approximate surface area is 168 Å². The molecule has 2 aromatic heterocycles. The Bertz CT molecular complexity index is 1060. The maximum atomic E-state index is 5.41. The Hall–Kier alpha value is -2.93. The summed E-state index contributed by atoms with van der Waals surface area (Å²) in [5, 5.41) is 13.8. The van der Waals surface area contributed by atoms with Crippen molar-refractivity contribution in [2.45, 2.75) is 37.7 Å². The van der Waals surface area contributed by atoms with Crippen molar-refractivity contribution in [1.82, 2.24) is 24.9 Å². The number of rotatable bonds is 7. The normalized spacial score (nSPS) is 11.1. The van der Waals surface area contributed by atoms with E-state index < -0.39 is 0 Å². The summed E-state index contributed by atoms with van der Waals surface area (Å²) in [5.41, 5.74) is 3.23. The Morgan fingerprint density at radius 1 is 1.00 bits per heavy atom. The molecule has 0 amide bonds. The molecule has 0 N–H and O–H groups in total. The van der Waals surface area contributed by atoms with E-state index in [4.69, 9.17) is 4.52 Å². The second-order valence-electron chi connectivity index (χ2n) is 6.49. The van der Waals surface area contributed by atoms with Gasteiger partial charge in [-0.2, -0.15) is 4.98 Å².